The van der Waals surface area contributed by atoms with E-state index in [1.54, 1.807) is 12.1 Å². The monoisotopic (exact) mass is 249 g/mol. The topological polar surface area (TPSA) is 68.9 Å². The molecule has 0 aliphatic carbocycles. The molecule has 0 bridgehead atoms. The average molecular weight is 250 g/mol. The van der Waals surface area contributed by atoms with Crippen LogP contribution in [0.2, 0.25) is 5.28 Å². The molecule has 0 amide bonds. The number of halogens is 1. The molecule has 1 aromatic carbocycles. The first kappa shape index (κ1) is 11.5. The van der Waals surface area contributed by atoms with Gasteiger partial charge in [-0.3, -0.25) is 10.1 Å². The van der Waals surface area contributed by atoms with Crippen LogP contribution in [-0.4, -0.2) is 14.9 Å². The predicted octanol–water partition coefficient (Wildman–Crippen LogP) is 3.01. The van der Waals surface area contributed by atoms with Crippen LogP contribution in [0.25, 0.3) is 11.3 Å². The molecule has 5 nitrogen and oxygen atoms in total. The summed E-state index contributed by atoms with van der Waals surface area (Å²) in [5.41, 5.74) is 1.67. The Labute approximate surface area is 102 Å². The highest BCUT2D eigenvalue weighted by Crippen LogP contribution is 2.30. The number of nitro groups is 1. The highest BCUT2D eigenvalue weighted by molar-refractivity contribution is 6.28. The molecular formula is C11H8ClN3O2. The minimum absolute atomic E-state index is 0.00569. The van der Waals surface area contributed by atoms with Crippen LogP contribution in [0.4, 0.5) is 5.69 Å². The fourth-order valence-corrected chi connectivity index (χ4v) is 1.66. The SMILES string of the molecule is Cc1ccccc1-c1nc(Cl)ncc1[N+](=O)[O-]. The van der Waals surface area contributed by atoms with Gasteiger partial charge in [-0.2, -0.15) is 0 Å². The van der Waals surface area contributed by atoms with Crippen molar-refractivity contribution in [2.45, 2.75) is 6.92 Å². The van der Waals surface area contributed by atoms with Crippen molar-refractivity contribution in [2.24, 2.45) is 0 Å². The second-order valence-corrected chi connectivity index (χ2v) is 3.78. The molecule has 1 heterocycles. The lowest BCUT2D eigenvalue weighted by Crippen LogP contribution is -1.98. The van der Waals surface area contributed by atoms with E-state index in [-0.39, 0.29) is 16.7 Å². The molecule has 0 atom stereocenters. The van der Waals surface area contributed by atoms with E-state index in [9.17, 15) is 10.1 Å². The number of aryl methyl sites for hydroxylation is 1. The van der Waals surface area contributed by atoms with Gasteiger partial charge in [0.05, 0.1) is 4.92 Å². The Morgan fingerprint density at radius 1 is 1.35 bits per heavy atom. The number of rotatable bonds is 2. The van der Waals surface area contributed by atoms with E-state index >= 15 is 0 Å². The van der Waals surface area contributed by atoms with E-state index in [1.165, 1.54) is 0 Å². The molecule has 0 aliphatic heterocycles. The molecule has 1 aromatic heterocycles. The van der Waals surface area contributed by atoms with Crippen molar-refractivity contribution in [3.8, 4) is 11.3 Å². The van der Waals surface area contributed by atoms with Gasteiger partial charge in [0.15, 0.2) is 5.69 Å². The van der Waals surface area contributed by atoms with Gasteiger partial charge in [0.25, 0.3) is 0 Å². The van der Waals surface area contributed by atoms with Crippen LogP contribution in [0.3, 0.4) is 0 Å². The fraction of sp³-hybridized carbons (Fsp3) is 0.0909. The zero-order valence-corrected chi connectivity index (χ0v) is 9.68. The molecule has 6 heteroatoms. The number of benzene rings is 1. The van der Waals surface area contributed by atoms with Gasteiger partial charge in [-0.05, 0) is 24.1 Å². The van der Waals surface area contributed by atoms with E-state index in [4.69, 9.17) is 11.6 Å². The van der Waals surface area contributed by atoms with Crippen molar-refractivity contribution in [3.63, 3.8) is 0 Å². The van der Waals surface area contributed by atoms with Crippen LogP contribution in [0, 0.1) is 17.0 Å². The number of aromatic nitrogens is 2. The molecule has 17 heavy (non-hydrogen) atoms. The number of hydrogen-bond donors (Lipinski definition) is 0. The summed E-state index contributed by atoms with van der Waals surface area (Å²) in [5, 5.41) is 10.9. The Balaban J connectivity index is 2.70. The van der Waals surface area contributed by atoms with Crippen molar-refractivity contribution >= 4 is 17.3 Å². The molecule has 86 valence electrons. The third kappa shape index (κ3) is 2.24. The molecule has 0 spiro atoms. The summed E-state index contributed by atoms with van der Waals surface area (Å²) >= 11 is 5.68. The van der Waals surface area contributed by atoms with Gasteiger partial charge < -0.3 is 0 Å². The summed E-state index contributed by atoms with van der Waals surface area (Å²) in [5.74, 6) is 0. The van der Waals surface area contributed by atoms with Crippen molar-refractivity contribution in [2.75, 3.05) is 0 Å². The molecule has 0 fully saturated rings. The van der Waals surface area contributed by atoms with E-state index in [2.05, 4.69) is 9.97 Å². The van der Waals surface area contributed by atoms with Crippen LogP contribution in [0.5, 0.6) is 0 Å². The lowest BCUT2D eigenvalue weighted by molar-refractivity contribution is -0.384. The second kappa shape index (κ2) is 4.47. The molecule has 2 rings (SSSR count). The second-order valence-electron chi connectivity index (χ2n) is 3.44. The molecule has 0 unspecified atom stereocenters. The molecule has 0 radical (unpaired) electrons. The Morgan fingerprint density at radius 3 is 2.71 bits per heavy atom. The van der Waals surface area contributed by atoms with E-state index < -0.39 is 4.92 Å². The standard InChI is InChI=1S/C11H8ClN3O2/c1-7-4-2-3-5-8(7)10-9(15(16)17)6-13-11(12)14-10/h2-6H,1H3. The minimum atomic E-state index is -0.516. The first-order valence-corrected chi connectivity index (χ1v) is 5.20. The Hall–Kier alpha value is -2.01. The van der Waals surface area contributed by atoms with Crippen LogP contribution in [0.15, 0.2) is 30.5 Å². The van der Waals surface area contributed by atoms with Crippen LogP contribution in [-0.2, 0) is 0 Å². The summed E-state index contributed by atoms with van der Waals surface area (Å²) in [6.07, 6.45) is 1.12. The largest absolute Gasteiger partial charge is 0.313 e. The molecule has 2 aromatic rings. The van der Waals surface area contributed by atoms with Gasteiger partial charge in [0, 0.05) is 5.56 Å². The zero-order chi connectivity index (χ0) is 12.4. The van der Waals surface area contributed by atoms with Gasteiger partial charge in [0.2, 0.25) is 5.28 Å². The lowest BCUT2D eigenvalue weighted by Gasteiger charge is -2.05. The van der Waals surface area contributed by atoms with E-state index in [0.717, 1.165) is 11.8 Å². The molecule has 0 saturated heterocycles. The van der Waals surface area contributed by atoms with Crippen LogP contribution < -0.4 is 0 Å². The number of nitrogens with zero attached hydrogens (tertiary/aromatic N) is 3. The summed E-state index contributed by atoms with van der Waals surface area (Å²) in [7, 11) is 0. The van der Waals surface area contributed by atoms with Crippen molar-refractivity contribution in [1.29, 1.82) is 0 Å². The first-order valence-electron chi connectivity index (χ1n) is 4.82. The zero-order valence-electron chi connectivity index (χ0n) is 8.92. The van der Waals surface area contributed by atoms with E-state index in [0.29, 0.717) is 5.56 Å². The van der Waals surface area contributed by atoms with Crippen molar-refractivity contribution < 1.29 is 4.92 Å². The molecule has 0 N–H and O–H groups in total. The quantitative estimate of drug-likeness (QED) is 0.466. The summed E-state index contributed by atoms with van der Waals surface area (Å²) in [6.45, 7) is 1.86. The third-order valence-electron chi connectivity index (χ3n) is 2.34. The van der Waals surface area contributed by atoms with E-state index in [1.807, 2.05) is 19.1 Å². The van der Waals surface area contributed by atoms with Gasteiger partial charge >= 0.3 is 5.69 Å². The Kier molecular flexibility index (Phi) is 3.01. The first-order chi connectivity index (χ1) is 8.09. The lowest BCUT2D eigenvalue weighted by atomic mass is 10.0. The summed E-state index contributed by atoms with van der Waals surface area (Å²) < 4.78 is 0. The molecule has 0 aliphatic rings. The molecular weight excluding hydrogens is 242 g/mol. The van der Waals surface area contributed by atoms with Gasteiger partial charge in [-0.15, -0.1) is 0 Å². The van der Waals surface area contributed by atoms with Crippen LogP contribution >= 0.6 is 11.6 Å². The van der Waals surface area contributed by atoms with Crippen LogP contribution in [0.1, 0.15) is 5.56 Å². The number of hydrogen-bond acceptors (Lipinski definition) is 4. The summed E-state index contributed by atoms with van der Waals surface area (Å²) in [4.78, 5) is 18.0. The Morgan fingerprint density at radius 2 is 2.06 bits per heavy atom. The summed E-state index contributed by atoms with van der Waals surface area (Å²) in [6, 6.07) is 7.27. The predicted molar refractivity (Wildman–Crippen MR) is 63.9 cm³/mol. The van der Waals surface area contributed by atoms with Crippen molar-refractivity contribution in [1.82, 2.24) is 9.97 Å². The highest BCUT2D eigenvalue weighted by Gasteiger charge is 2.19. The maximum atomic E-state index is 10.9. The minimum Gasteiger partial charge on any atom is -0.258 e. The normalized spacial score (nSPS) is 10.2. The van der Waals surface area contributed by atoms with Gasteiger partial charge in [0.1, 0.15) is 6.20 Å². The Bertz CT molecular complexity index is 587. The third-order valence-corrected chi connectivity index (χ3v) is 2.52. The average Bonchev–Trinajstić information content (AvgIpc) is 2.29. The maximum absolute atomic E-state index is 10.9. The van der Waals surface area contributed by atoms with Crippen molar-refractivity contribution in [3.05, 3.63) is 51.4 Å². The smallest absolute Gasteiger partial charge is 0.258 e. The maximum Gasteiger partial charge on any atom is 0.313 e. The molecule has 0 saturated carbocycles. The fourth-order valence-electron chi connectivity index (χ4n) is 1.52. The van der Waals surface area contributed by atoms with Gasteiger partial charge in [-0.25, -0.2) is 9.97 Å². The highest BCUT2D eigenvalue weighted by atomic mass is 35.5. The van der Waals surface area contributed by atoms with Gasteiger partial charge in [-0.1, -0.05) is 24.3 Å².